The first-order chi connectivity index (χ1) is 16.9. The molecule has 0 aliphatic carbocycles. The van der Waals surface area contributed by atoms with Crippen LogP contribution >= 0.6 is 23.2 Å². The molecule has 0 bridgehead atoms. The molecule has 3 heterocycles. The largest absolute Gasteiger partial charge is 0.379 e. The Morgan fingerprint density at radius 3 is 2.60 bits per heavy atom. The van der Waals surface area contributed by atoms with Crippen LogP contribution in [-0.2, 0) is 14.3 Å². The average molecular weight is 518 g/mol. The number of hydrogen-bond donors (Lipinski definition) is 0. The predicted molar refractivity (Wildman–Crippen MR) is 138 cm³/mol. The van der Waals surface area contributed by atoms with E-state index in [-0.39, 0.29) is 30.3 Å². The van der Waals surface area contributed by atoms with Crippen molar-refractivity contribution in [3.05, 3.63) is 63.9 Å². The molecular formula is C27H33Cl2N3O3. The molecule has 0 unspecified atom stereocenters. The molecule has 2 aliphatic heterocycles. The first-order valence-electron chi connectivity index (χ1n) is 12.3. The summed E-state index contributed by atoms with van der Waals surface area (Å²) in [4.78, 5) is 35.0. The highest BCUT2D eigenvalue weighted by molar-refractivity contribution is 6.30. The fourth-order valence-electron chi connectivity index (χ4n) is 5.51. The minimum absolute atomic E-state index is 0.00439. The van der Waals surface area contributed by atoms with Crippen molar-refractivity contribution in [1.82, 2.24) is 14.8 Å². The van der Waals surface area contributed by atoms with E-state index < -0.39 is 5.41 Å². The number of nitrogens with zero attached hydrogens (tertiary/aromatic N) is 3. The lowest BCUT2D eigenvalue weighted by Crippen LogP contribution is -2.58. The van der Waals surface area contributed by atoms with Crippen LogP contribution in [-0.4, -0.2) is 65.9 Å². The van der Waals surface area contributed by atoms with Crippen LogP contribution in [0.3, 0.4) is 0 Å². The predicted octanol–water partition coefficient (Wildman–Crippen LogP) is 5.15. The van der Waals surface area contributed by atoms with Crippen LogP contribution in [0, 0.1) is 5.41 Å². The van der Waals surface area contributed by atoms with Gasteiger partial charge in [0.2, 0.25) is 5.91 Å². The lowest BCUT2D eigenvalue weighted by Gasteiger charge is -2.52. The van der Waals surface area contributed by atoms with Gasteiger partial charge in [0, 0.05) is 49.2 Å². The van der Waals surface area contributed by atoms with E-state index in [1.807, 2.05) is 42.2 Å². The van der Waals surface area contributed by atoms with E-state index in [1.165, 1.54) is 0 Å². The maximum Gasteiger partial charge on any atom is 0.229 e. The van der Waals surface area contributed by atoms with Crippen LogP contribution in [0.5, 0.6) is 0 Å². The van der Waals surface area contributed by atoms with E-state index in [4.69, 9.17) is 27.9 Å². The molecule has 0 saturated carbocycles. The van der Waals surface area contributed by atoms with Crippen molar-refractivity contribution in [2.24, 2.45) is 5.41 Å². The van der Waals surface area contributed by atoms with E-state index in [2.05, 4.69) is 22.9 Å². The summed E-state index contributed by atoms with van der Waals surface area (Å²) in [6.45, 7) is 7.85. The second kappa shape index (κ2) is 11.4. The second-order valence-electron chi connectivity index (χ2n) is 9.83. The van der Waals surface area contributed by atoms with Gasteiger partial charge in [0.25, 0.3) is 0 Å². The first-order valence-corrected chi connectivity index (χ1v) is 13.1. The Labute approximate surface area is 217 Å². The molecule has 0 spiro atoms. The van der Waals surface area contributed by atoms with Crippen LogP contribution in [0.25, 0.3) is 0 Å². The molecule has 6 nitrogen and oxygen atoms in total. The van der Waals surface area contributed by atoms with Crippen LogP contribution in [0.4, 0.5) is 0 Å². The van der Waals surface area contributed by atoms with Gasteiger partial charge in [-0.15, -0.1) is 0 Å². The number of amides is 1. The number of pyridine rings is 1. The van der Waals surface area contributed by atoms with E-state index in [0.717, 1.165) is 43.6 Å². The number of hydrogen-bond acceptors (Lipinski definition) is 5. The Morgan fingerprint density at radius 1 is 1.20 bits per heavy atom. The highest BCUT2D eigenvalue weighted by atomic mass is 35.5. The maximum atomic E-state index is 14.2. The van der Waals surface area contributed by atoms with Crippen molar-refractivity contribution in [2.45, 2.75) is 51.1 Å². The molecule has 8 heteroatoms. The summed E-state index contributed by atoms with van der Waals surface area (Å²) in [5.74, 6) is -0.0755. The fraction of sp³-hybridized carbons (Fsp3) is 0.519. The van der Waals surface area contributed by atoms with E-state index in [0.29, 0.717) is 29.7 Å². The minimum atomic E-state index is -0.809. The van der Waals surface area contributed by atoms with Crippen LogP contribution in [0.1, 0.15) is 56.3 Å². The summed E-state index contributed by atoms with van der Waals surface area (Å²) in [6.07, 6.45) is 4.00. The maximum absolute atomic E-state index is 14.2. The van der Waals surface area contributed by atoms with E-state index in [9.17, 15) is 9.59 Å². The van der Waals surface area contributed by atoms with Gasteiger partial charge in [-0.25, -0.2) is 0 Å². The Morgan fingerprint density at radius 2 is 1.97 bits per heavy atom. The molecule has 2 aliphatic rings. The van der Waals surface area contributed by atoms with Crippen LogP contribution in [0.15, 0.2) is 42.6 Å². The summed E-state index contributed by atoms with van der Waals surface area (Å²) >= 11 is 12.6. The highest BCUT2D eigenvalue weighted by Gasteiger charge is 2.51. The van der Waals surface area contributed by atoms with Crippen molar-refractivity contribution in [3.63, 3.8) is 0 Å². The molecule has 188 valence electrons. The van der Waals surface area contributed by atoms with Crippen molar-refractivity contribution in [1.29, 1.82) is 0 Å². The van der Waals surface area contributed by atoms with E-state index >= 15 is 0 Å². The Kier molecular flexibility index (Phi) is 8.48. The van der Waals surface area contributed by atoms with Crippen LogP contribution in [0.2, 0.25) is 10.0 Å². The molecule has 2 fully saturated rings. The number of piperidine rings is 1. The second-order valence-corrected chi connectivity index (χ2v) is 10.7. The third-order valence-electron chi connectivity index (χ3n) is 7.40. The molecule has 4 rings (SSSR count). The number of aromatic nitrogens is 1. The molecule has 0 radical (unpaired) electrons. The fourth-order valence-corrected chi connectivity index (χ4v) is 5.82. The van der Waals surface area contributed by atoms with Gasteiger partial charge in [0.15, 0.2) is 0 Å². The summed E-state index contributed by atoms with van der Waals surface area (Å²) in [5.41, 5.74) is 1.02. The molecule has 1 aromatic carbocycles. The smallest absolute Gasteiger partial charge is 0.229 e. The zero-order valence-electron chi connectivity index (χ0n) is 20.3. The number of benzene rings is 1. The summed E-state index contributed by atoms with van der Waals surface area (Å²) in [7, 11) is 0. The molecule has 1 amide bonds. The Hall–Kier alpha value is -1.99. The number of aldehydes is 1. The van der Waals surface area contributed by atoms with Crippen molar-refractivity contribution in [3.8, 4) is 0 Å². The normalized spacial score (nSPS) is 26.5. The first kappa shape index (κ1) is 26.1. The van der Waals surface area contributed by atoms with Crippen molar-refractivity contribution in [2.75, 3.05) is 32.8 Å². The topological polar surface area (TPSA) is 62.7 Å². The molecule has 4 atom stereocenters. The number of ether oxygens (including phenoxy) is 1. The van der Waals surface area contributed by atoms with Crippen molar-refractivity contribution >= 4 is 35.4 Å². The SMILES string of the molecule is CC[C@@H](CN1CCOCC1)N1C(=O)[C@@](C)(CC=O)C[C@H](c2cccc(Cl)c2)[C@H]1c1ccc(Cl)cn1. The van der Waals surface area contributed by atoms with Gasteiger partial charge >= 0.3 is 0 Å². The number of morpholine rings is 1. The Balaban J connectivity index is 1.83. The summed E-state index contributed by atoms with van der Waals surface area (Å²) in [6, 6.07) is 11.2. The minimum Gasteiger partial charge on any atom is -0.379 e. The average Bonchev–Trinajstić information content (AvgIpc) is 2.86. The number of halogens is 2. The molecule has 2 aromatic rings. The lowest BCUT2D eigenvalue weighted by atomic mass is 9.67. The van der Waals surface area contributed by atoms with Crippen LogP contribution < -0.4 is 0 Å². The lowest BCUT2D eigenvalue weighted by molar-refractivity contribution is -0.157. The highest BCUT2D eigenvalue weighted by Crippen LogP contribution is 2.51. The van der Waals surface area contributed by atoms with Gasteiger partial charge in [-0.2, -0.15) is 0 Å². The number of carbonyl (C=O) groups excluding carboxylic acids is 2. The van der Waals surface area contributed by atoms with Crippen molar-refractivity contribution < 1.29 is 14.3 Å². The molecule has 0 N–H and O–H groups in total. The molecule has 35 heavy (non-hydrogen) atoms. The molecule has 2 saturated heterocycles. The monoisotopic (exact) mass is 517 g/mol. The summed E-state index contributed by atoms with van der Waals surface area (Å²) < 4.78 is 5.54. The number of likely N-dealkylation sites (tertiary alicyclic amines) is 1. The van der Waals surface area contributed by atoms with Gasteiger partial charge in [-0.05, 0) is 42.7 Å². The zero-order valence-corrected chi connectivity index (χ0v) is 21.8. The Bertz CT molecular complexity index is 1030. The molecular weight excluding hydrogens is 485 g/mol. The van der Waals surface area contributed by atoms with Gasteiger partial charge in [0.05, 0.1) is 35.4 Å². The third kappa shape index (κ3) is 5.72. The summed E-state index contributed by atoms with van der Waals surface area (Å²) in [5, 5.41) is 1.19. The quantitative estimate of drug-likeness (QED) is 0.453. The van der Waals surface area contributed by atoms with Gasteiger partial charge in [0.1, 0.15) is 6.29 Å². The third-order valence-corrected chi connectivity index (χ3v) is 7.86. The van der Waals surface area contributed by atoms with Gasteiger partial charge in [-0.3, -0.25) is 14.7 Å². The molecule has 1 aromatic heterocycles. The van der Waals surface area contributed by atoms with Gasteiger partial charge in [-0.1, -0.05) is 49.2 Å². The standard InChI is InChI=1S/C27H33Cl2N3O3/c1-3-22(18-31-10-13-35-14-11-31)32-25(24-8-7-21(29)17-30-24)23(19-5-4-6-20(28)15-19)16-27(2,9-12-33)26(32)34/h4-8,12,15,17,22-23,25H,3,9-11,13-14,16,18H2,1-2H3/t22-,23+,25-,27-/m0/s1. The van der Waals surface area contributed by atoms with Gasteiger partial charge < -0.3 is 14.4 Å². The van der Waals surface area contributed by atoms with E-state index in [1.54, 1.807) is 6.20 Å². The number of rotatable bonds is 8. The zero-order chi connectivity index (χ0) is 25.0. The number of carbonyl (C=O) groups is 2.